The predicted octanol–water partition coefficient (Wildman–Crippen LogP) is 2.00. The van der Waals surface area contributed by atoms with Gasteiger partial charge < -0.3 is 15.3 Å². The molecule has 0 unspecified atom stereocenters. The average Bonchev–Trinajstić information content (AvgIpc) is 2.77. The summed E-state index contributed by atoms with van der Waals surface area (Å²) in [5.74, 6) is -1.16. The molecule has 5 nitrogen and oxygen atoms in total. The number of carboxylic acid groups (broad SMARTS) is 1. The highest BCUT2D eigenvalue weighted by atomic mass is 32.1. The topological polar surface area (TPSA) is 69.6 Å². The highest BCUT2D eigenvalue weighted by Crippen LogP contribution is 2.11. The lowest BCUT2D eigenvalue weighted by molar-refractivity contribution is -0.140. The van der Waals surface area contributed by atoms with Crippen LogP contribution in [-0.2, 0) is 11.3 Å². The van der Waals surface area contributed by atoms with Crippen molar-refractivity contribution >= 4 is 23.3 Å². The molecule has 1 rings (SSSR count). The van der Waals surface area contributed by atoms with E-state index in [1.54, 1.807) is 32.2 Å². The standard InChI is InChI=1S/C12H18N2O3S/c1-8(2)10(11(15)16)13-12(17)14(3)7-9-5-4-6-18-9/h4-6,8,10H,7H2,1-3H3,(H,13,17)(H,15,16)/t10-/m1/s1. The maximum Gasteiger partial charge on any atom is 0.326 e. The molecule has 1 heterocycles. The van der Waals surface area contributed by atoms with Crippen LogP contribution in [0.2, 0.25) is 0 Å². The first-order valence-corrected chi connectivity index (χ1v) is 6.56. The molecule has 0 fully saturated rings. The fourth-order valence-electron chi connectivity index (χ4n) is 1.46. The van der Waals surface area contributed by atoms with Gasteiger partial charge in [-0.2, -0.15) is 0 Å². The summed E-state index contributed by atoms with van der Waals surface area (Å²) in [6, 6.07) is 2.62. The Morgan fingerprint density at radius 3 is 2.61 bits per heavy atom. The van der Waals surface area contributed by atoms with Gasteiger partial charge in [-0.05, 0) is 17.4 Å². The molecule has 0 aliphatic carbocycles. The number of carbonyl (C=O) groups is 2. The first-order chi connectivity index (χ1) is 8.41. The number of amides is 2. The van der Waals surface area contributed by atoms with E-state index in [4.69, 9.17) is 5.11 Å². The van der Waals surface area contributed by atoms with Crippen LogP contribution >= 0.6 is 11.3 Å². The number of thiophene rings is 1. The molecule has 0 radical (unpaired) electrons. The van der Waals surface area contributed by atoms with Crippen molar-refractivity contribution in [2.45, 2.75) is 26.4 Å². The first kappa shape index (κ1) is 14.5. The van der Waals surface area contributed by atoms with Crippen LogP contribution in [0, 0.1) is 5.92 Å². The number of hydrogen-bond donors (Lipinski definition) is 2. The van der Waals surface area contributed by atoms with Crippen molar-refractivity contribution in [1.82, 2.24) is 10.2 Å². The van der Waals surface area contributed by atoms with Crippen LogP contribution in [-0.4, -0.2) is 35.1 Å². The maximum absolute atomic E-state index is 11.8. The summed E-state index contributed by atoms with van der Waals surface area (Å²) in [7, 11) is 1.65. The third-order valence-corrected chi connectivity index (χ3v) is 3.39. The van der Waals surface area contributed by atoms with Crippen LogP contribution in [0.15, 0.2) is 17.5 Å². The highest BCUT2D eigenvalue weighted by Gasteiger charge is 2.24. The van der Waals surface area contributed by atoms with Crippen molar-refractivity contribution in [2.24, 2.45) is 5.92 Å². The second-order valence-corrected chi connectivity index (χ2v) is 5.48. The number of aliphatic carboxylic acids is 1. The molecule has 1 atom stereocenters. The Morgan fingerprint density at radius 1 is 1.50 bits per heavy atom. The Hall–Kier alpha value is -1.56. The third kappa shape index (κ3) is 4.03. The van der Waals surface area contributed by atoms with Gasteiger partial charge in [0, 0.05) is 11.9 Å². The number of nitrogens with one attached hydrogen (secondary N) is 1. The lowest BCUT2D eigenvalue weighted by Gasteiger charge is -2.22. The Bertz CT molecular complexity index is 403. The molecule has 18 heavy (non-hydrogen) atoms. The van der Waals surface area contributed by atoms with Crippen LogP contribution in [0.25, 0.3) is 0 Å². The van der Waals surface area contributed by atoms with Crippen molar-refractivity contribution in [2.75, 3.05) is 7.05 Å². The smallest absolute Gasteiger partial charge is 0.326 e. The molecule has 0 aliphatic heterocycles. The fourth-order valence-corrected chi connectivity index (χ4v) is 2.22. The number of rotatable bonds is 5. The Kier molecular flexibility index (Phi) is 5.15. The molecule has 0 bridgehead atoms. The maximum atomic E-state index is 11.8. The summed E-state index contributed by atoms with van der Waals surface area (Å²) in [6.07, 6.45) is 0. The summed E-state index contributed by atoms with van der Waals surface area (Å²) in [5, 5.41) is 13.5. The molecule has 0 aliphatic rings. The summed E-state index contributed by atoms with van der Waals surface area (Å²) < 4.78 is 0. The normalized spacial score (nSPS) is 12.2. The predicted molar refractivity (Wildman–Crippen MR) is 70.6 cm³/mol. The SMILES string of the molecule is CC(C)[C@@H](NC(=O)N(C)Cc1cccs1)C(=O)O. The number of nitrogens with zero attached hydrogens (tertiary/aromatic N) is 1. The van der Waals surface area contributed by atoms with Crippen LogP contribution in [0.1, 0.15) is 18.7 Å². The zero-order chi connectivity index (χ0) is 13.7. The number of urea groups is 1. The molecule has 1 aromatic heterocycles. The first-order valence-electron chi connectivity index (χ1n) is 5.68. The van der Waals surface area contributed by atoms with E-state index in [1.807, 2.05) is 17.5 Å². The van der Waals surface area contributed by atoms with E-state index >= 15 is 0 Å². The largest absolute Gasteiger partial charge is 0.480 e. The fraction of sp³-hybridized carbons (Fsp3) is 0.500. The van der Waals surface area contributed by atoms with Crippen molar-refractivity contribution in [3.63, 3.8) is 0 Å². The van der Waals surface area contributed by atoms with Gasteiger partial charge in [-0.1, -0.05) is 19.9 Å². The summed E-state index contributed by atoms with van der Waals surface area (Å²) in [5.41, 5.74) is 0. The molecular formula is C12H18N2O3S. The monoisotopic (exact) mass is 270 g/mol. The van der Waals surface area contributed by atoms with E-state index in [2.05, 4.69) is 5.32 Å². The van der Waals surface area contributed by atoms with E-state index < -0.39 is 12.0 Å². The van der Waals surface area contributed by atoms with Crippen LogP contribution in [0.5, 0.6) is 0 Å². The van der Waals surface area contributed by atoms with E-state index in [0.29, 0.717) is 6.54 Å². The van der Waals surface area contributed by atoms with Crippen molar-refractivity contribution in [3.05, 3.63) is 22.4 Å². The van der Waals surface area contributed by atoms with Crippen molar-refractivity contribution in [1.29, 1.82) is 0 Å². The Balaban J connectivity index is 2.56. The van der Waals surface area contributed by atoms with Gasteiger partial charge >= 0.3 is 12.0 Å². The summed E-state index contributed by atoms with van der Waals surface area (Å²) in [4.78, 5) is 25.4. The average molecular weight is 270 g/mol. The van der Waals surface area contributed by atoms with Gasteiger partial charge in [-0.15, -0.1) is 11.3 Å². The highest BCUT2D eigenvalue weighted by molar-refractivity contribution is 7.09. The second-order valence-electron chi connectivity index (χ2n) is 4.44. The van der Waals surface area contributed by atoms with Gasteiger partial charge in [0.15, 0.2) is 0 Å². The lowest BCUT2D eigenvalue weighted by Crippen LogP contribution is -2.48. The molecule has 100 valence electrons. The van der Waals surface area contributed by atoms with E-state index in [9.17, 15) is 9.59 Å². The molecular weight excluding hydrogens is 252 g/mol. The Morgan fingerprint density at radius 2 is 2.17 bits per heavy atom. The summed E-state index contributed by atoms with van der Waals surface area (Å²) >= 11 is 1.56. The Labute approximate surface area is 110 Å². The van der Waals surface area contributed by atoms with Gasteiger partial charge in [0.2, 0.25) is 0 Å². The lowest BCUT2D eigenvalue weighted by atomic mass is 10.1. The number of carboxylic acids is 1. The molecule has 2 amide bonds. The molecule has 0 aromatic carbocycles. The van der Waals surface area contributed by atoms with Crippen LogP contribution in [0.3, 0.4) is 0 Å². The molecule has 1 aromatic rings. The van der Waals surface area contributed by atoms with Gasteiger partial charge in [0.1, 0.15) is 6.04 Å². The van der Waals surface area contributed by atoms with Gasteiger partial charge in [0.05, 0.1) is 6.54 Å². The van der Waals surface area contributed by atoms with Gasteiger partial charge in [0.25, 0.3) is 0 Å². The minimum atomic E-state index is -1.01. The van der Waals surface area contributed by atoms with Crippen LogP contribution < -0.4 is 5.32 Å². The number of hydrogen-bond acceptors (Lipinski definition) is 3. The molecule has 0 saturated heterocycles. The minimum Gasteiger partial charge on any atom is -0.480 e. The molecule has 6 heteroatoms. The van der Waals surface area contributed by atoms with E-state index in [0.717, 1.165) is 4.88 Å². The number of carbonyl (C=O) groups excluding carboxylic acids is 1. The molecule has 2 N–H and O–H groups in total. The molecule has 0 spiro atoms. The van der Waals surface area contributed by atoms with Crippen LogP contribution in [0.4, 0.5) is 4.79 Å². The quantitative estimate of drug-likeness (QED) is 0.859. The van der Waals surface area contributed by atoms with Gasteiger partial charge in [-0.25, -0.2) is 9.59 Å². The molecule has 0 saturated carbocycles. The van der Waals surface area contributed by atoms with Crippen molar-refractivity contribution in [3.8, 4) is 0 Å². The second kappa shape index (κ2) is 6.39. The van der Waals surface area contributed by atoms with Gasteiger partial charge in [-0.3, -0.25) is 0 Å². The zero-order valence-corrected chi connectivity index (χ0v) is 11.5. The van der Waals surface area contributed by atoms with E-state index in [1.165, 1.54) is 4.90 Å². The van der Waals surface area contributed by atoms with E-state index in [-0.39, 0.29) is 11.9 Å². The van der Waals surface area contributed by atoms with Crippen molar-refractivity contribution < 1.29 is 14.7 Å². The summed E-state index contributed by atoms with van der Waals surface area (Å²) in [6.45, 7) is 4.00. The zero-order valence-electron chi connectivity index (χ0n) is 10.7. The third-order valence-electron chi connectivity index (χ3n) is 2.53. The minimum absolute atomic E-state index is 0.151.